The highest BCUT2D eigenvalue weighted by molar-refractivity contribution is 6.33. The molecule has 102 valence electrons. The molecule has 1 aromatic heterocycles. The molecule has 1 aromatic carbocycles. The van der Waals surface area contributed by atoms with Crippen LogP contribution in [0.1, 0.15) is 32.2 Å². The van der Waals surface area contributed by atoms with E-state index in [2.05, 4.69) is 15.5 Å². The molecule has 0 spiro atoms. The Labute approximate surface area is 116 Å². The minimum Gasteiger partial charge on any atom is -0.508 e. The van der Waals surface area contributed by atoms with E-state index in [4.69, 9.17) is 16.0 Å². The van der Waals surface area contributed by atoms with Gasteiger partial charge < -0.3 is 14.8 Å². The highest BCUT2D eigenvalue weighted by atomic mass is 35.5. The van der Waals surface area contributed by atoms with E-state index in [0.717, 1.165) is 13.0 Å². The molecule has 0 bridgehead atoms. The summed E-state index contributed by atoms with van der Waals surface area (Å²) in [5.41, 5.74) is 0.534. The molecule has 0 saturated heterocycles. The first kappa shape index (κ1) is 13.8. The first-order chi connectivity index (χ1) is 9.15. The molecule has 0 saturated carbocycles. The maximum atomic E-state index is 9.48. The van der Waals surface area contributed by atoms with E-state index in [1.54, 1.807) is 6.07 Å². The Balaban J connectivity index is 2.32. The third kappa shape index (κ3) is 3.05. The van der Waals surface area contributed by atoms with Crippen molar-refractivity contribution in [2.24, 2.45) is 0 Å². The van der Waals surface area contributed by atoms with Crippen LogP contribution in [0.5, 0.6) is 5.75 Å². The number of nitrogens with zero attached hydrogens (tertiary/aromatic N) is 2. The molecule has 0 radical (unpaired) electrons. The predicted molar refractivity (Wildman–Crippen MR) is 73.1 cm³/mol. The lowest BCUT2D eigenvalue weighted by Gasteiger charge is -2.10. The normalized spacial score (nSPS) is 12.6. The van der Waals surface area contributed by atoms with Crippen molar-refractivity contribution in [1.82, 2.24) is 15.5 Å². The molecule has 0 fully saturated rings. The lowest BCUT2D eigenvalue weighted by Crippen LogP contribution is -2.20. The first-order valence-corrected chi connectivity index (χ1v) is 6.59. The number of halogens is 1. The number of phenols is 1. The molecule has 1 heterocycles. The van der Waals surface area contributed by atoms with Crippen molar-refractivity contribution < 1.29 is 9.52 Å². The van der Waals surface area contributed by atoms with Gasteiger partial charge in [0.1, 0.15) is 5.75 Å². The summed E-state index contributed by atoms with van der Waals surface area (Å²) in [6, 6.07) is 4.64. The van der Waals surface area contributed by atoms with Gasteiger partial charge in [0, 0.05) is 0 Å². The molecule has 0 amide bonds. The molecule has 0 aliphatic carbocycles. The number of aromatic hydroxyl groups is 1. The molecule has 6 heteroatoms. The van der Waals surface area contributed by atoms with E-state index in [1.165, 1.54) is 12.1 Å². The first-order valence-electron chi connectivity index (χ1n) is 6.21. The molecule has 2 N–H and O–H groups in total. The minimum absolute atomic E-state index is 0.0299. The van der Waals surface area contributed by atoms with Gasteiger partial charge in [-0.25, -0.2) is 0 Å². The van der Waals surface area contributed by atoms with Gasteiger partial charge in [-0.3, -0.25) is 0 Å². The number of phenolic OH excluding ortho intramolecular Hbond substituents is 1. The molecule has 2 aromatic rings. The Morgan fingerprint density at radius 1 is 1.37 bits per heavy atom. The largest absolute Gasteiger partial charge is 0.508 e. The number of hydrogen-bond donors (Lipinski definition) is 2. The average Bonchev–Trinajstić information content (AvgIpc) is 2.88. The Hall–Kier alpha value is -1.59. The van der Waals surface area contributed by atoms with Gasteiger partial charge in [-0.1, -0.05) is 25.4 Å². The van der Waals surface area contributed by atoms with Gasteiger partial charge in [0.2, 0.25) is 11.8 Å². The smallest absolute Gasteiger partial charge is 0.249 e. The Bertz CT molecular complexity index is 557. The second-order valence-corrected chi connectivity index (χ2v) is 4.54. The van der Waals surface area contributed by atoms with Crippen LogP contribution in [0.15, 0.2) is 22.6 Å². The maximum absolute atomic E-state index is 9.48. The van der Waals surface area contributed by atoms with Crippen molar-refractivity contribution in [3.8, 4) is 17.2 Å². The zero-order chi connectivity index (χ0) is 13.8. The van der Waals surface area contributed by atoms with Gasteiger partial charge in [0.15, 0.2) is 0 Å². The average molecular weight is 282 g/mol. The summed E-state index contributed by atoms with van der Waals surface area (Å²) in [4.78, 5) is 0. The molecular formula is C13H16ClN3O2. The van der Waals surface area contributed by atoms with Crippen LogP contribution in [-0.2, 0) is 0 Å². The molecule has 0 aliphatic heterocycles. The van der Waals surface area contributed by atoms with Crippen LogP contribution < -0.4 is 5.32 Å². The van der Waals surface area contributed by atoms with Crippen LogP contribution in [0.25, 0.3) is 11.5 Å². The molecule has 1 unspecified atom stereocenters. The third-order valence-corrected chi connectivity index (χ3v) is 3.11. The van der Waals surface area contributed by atoms with Crippen molar-refractivity contribution in [2.75, 3.05) is 6.54 Å². The summed E-state index contributed by atoms with van der Waals surface area (Å²) in [5, 5.41) is 21.2. The summed E-state index contributed by atoms with van der Waals surface area (Å²) in [7, 11) is 0. The fraction of sp³-hybridized carbons (Fsp3) is 0.385. The Kier molecular flexibility index (Phi) is 4.39. The van der Waals surface area contributed by atoms with Gasteiger partial charge in [0.05, 0.1) is 16.6 Å². The minimum atomic E-state index is 0.0299. The van der Waals surface area contributed by atoms with Crippen LogP contribution >= 0.6 is 11.6 Å². The van der Waals surface area contributed by atoms with Crippen molar-refractivity contribution in [2.45, 2.75) is 26.3 Å². The number of aromatic nitrogens is 2. The molecular weight excluding hydrogens is 266 g/mol. The van der Waals surface area contributed by atoms with Crippen molar-refractivity contribution in [1.29, 1.82) is 0 Å². The zero-order valence-corrected chi connectivity index (χ0v) is 11.6. The van der Waals surface area contributed by atoms with Gasteiger partial charge in [-0.2, -0.15) is 0 Å². The van der Waals surface area contributed by atoms with E-state index < -0.39 is 0 Å². The summed E-state index contributed by atoms with van der Waals surface area (Å²) in [5.74, 6) is 0.948. The van der Waals surface area contributed by atoms with Crippen LogP contribution in [0, 0.1) is 0 Å². The summed E-state index contributed by atoms with van der Waals surface area (Å²) in [6.45, 7) is 4.88. The quantitative estimate of drug-likeness (QED) is 0.881. The zero-order valence-electron chi connectivity index (χ0n) is 10.9. The van der Waals surface area contributed by atoms with Crippen LogP contribution in [0.3, 0.4) is 0 Å². The van der Waals surface area contributed by atoms with Crippen molar-refractivity contribution in [3.05, 3.63) is 29.1 Å². The molecule has 2 rings (SSSR count). The maximum Gasteiger partial charge on any atom is 0.249 e. The van der Waals surface area contributed by atoms with E-state index in [0.29, 0.717) is 22.4 Å². The van der Waals surface area contributed by atoms with E-state index in [-0.39, 0.29) is 11.8 Å². The van der Waals surface area contributed by atoms with Crippen molar-refractivity contribution in [3.63, 3.8) is 0 Å². The SMILES string of the molecule is CCNC(CC)c1nnc(-c2cc(O)ccc2Cl)o1. The van der Waals surface area contributed by atoms with E-state index in [9.17, 15) is 5.11 Å². The Morgan fingerprint density at radius 3 is 2.84 bits per heavy atom. The molecule has 5 nitrogen and oxygen atoms in total. The second kappa shape index (κ2) is 6.04. The molecule has 1 atom stereocenters. The summed E-state index contributed by atoms with van der Waals surface area (Å²) >= 11 is 6.06. The topological polar surface area (TPSA) is 71.2 Å². The number of nitrogens with one attached hydrogen (secondary N) is 1. The number of rotatable bonds is 5. The fourth-order valence-electron chi connectivity index (χ4n) is 1.81. The number of hydrogen-bond acceptors (Lipinski definition) is 5. The summed E-state index contributed by atoms with van der Waals surface area (Å²) in [6.07, 6.45) is 0.850. The van der Waals surface area contributed by atoms with Gasteiger partial charge in [-0.05, 0) is 31.2 Å². The Morgan fingerprint density at radius 2 is 2.16 bits per heavy atom. The fourth-order valence-corrected chi connectivity index (χ4v) is 2.01. The molecule has 0 aliphatic rings. The van der Waals surface area contributed by atoms with Crippen LogP contribution in [0.4, 0.5) is 0 Å². The standard InChI is InChI=1S/C13H16ClN3O2/c1-3-11(15-4-2)13-17-16-12(19-13)9-7-8(18)5-6-10(9)14/h5-7,11,15,18H,3-4H2,1-2H3. The summed E-state index contributed by atoms with van der Waals surface area (Å²) < 4.78 is 5.63. The number of benzene rings is 1. The highest BCUT2D eigenvalue weighted by Crippen LogP contribution is 2.31. The highest BCUT2D eigenvalue weighted by Gasteiger charge is 2.18. The van der Waals surface area contributed by atoms with Crippen molar-refractivity contribution >= 4 is 11.6 Å². The van der Waals surface area contributed by atoms with E-state index >= 15 is 0 Å². The van der Waals surface area contributed by atoms with Gasteiger partial charge in [0.25, 0.3) is 0 Å². The predicted octanol–water partition coefficient (Wildman–Crippen LogP) is 3.16. The monoisotopic (exact) mass is 281 g/mol. The second-order valence-electron chi connectivity index (χ2n) is 4.13. The van der Waals surface area contributed by atoms with Crippen LogP contribution in [0.2, 0.25) is 5.02 Å². The molecule has 19 heavy (non-hydrogen) atoms. The lowest BCUT2D eigenvalue weighted by atomic mass is 10.2. The lowest BCUT2D eigenvalue weighted by molar-refractivity contribution is 0.402. The third-order valence-electron chi connectivity index (χ3n) is 2.78. The van der Waals surface area contributed by atoms with Crippen LogP contribution in [-0.4, -0.2) is 21.8 Å². The van der Waals surface area contributed by atoms with Gasteiger partial charge >= 0.3 is 0 Å². The van der Waals surface area contributed by atoms with Gasteiger partial charge in [-0.15, -0.1) is 10.2 Å². The van der Waals surface area contributed by atoms with E-state index in [1.807, 2.05) is 13.8 Å².